The topological polar surface area (TPSA) is 59.7 Å². The molecule has 0 aliphatic heterocycles. The number of furan rings is 1. The van der Waals surface area contributed by atoms with Gasteiger partial charge in [-0.2, -0.15) is 0 Å². The average molecular weight is 320 g/mol. The Morgan fingerprint density at radius 2 is 1.88 bits per heavy atom. The molecule has 4 nitrogen and oxygen atoms in total. The fourth-order valence-electron chi connectivity index (χ4n) is 2.15. The summed E-state index contributed by atoms with van der Waals surface area (Å²) >= 11 is 0. The van der Waals surface area contributed by atoms with Crippen LogP contribution in [-0.2, 0) is 6.61 Å². The molecule has 4 heteroatoms. The second-order valence-corrected chi connectivity index (χ2v) is 5.15. The van der Waals surface area contributed by atoms with E-state index in [-0.39, 0.29) is 11.5 Å². The van der Waals surface area contributed by atoms with E-state index in [1.807, 2.05) is 30.3 Å². The first kappa shape index (κ1) is 15.6. The number of carbonyl (C=O) groups excluding carboxylic acids is 1. The smallest absolute Gasteiger partial charge is 0.186 e. The molecular formula is C20H16O4. The molecule has 3 aromatic rings. The van der Waals surface area contributed by atoms with Gasteiger partial charge in [0.2, 0.25) is 0 Å². The van der Waals surface area contributed by atoms with Gasteiger partial charge in [0.05, 0.1) is 0 Å². The monoisotopic (exact) mass is 320 g/mol. The van der Waals surface area contributed by atoms with Crippen molar-refractivity contribution in [1.82, 2.24) is 0 Å². The van der Waals surface area contributed by atoms with Crippen LogP contribution < -0.4 is 4.74 Å². The Morgan fingerprint density at radius 3 is 2.67 bits per heavy atom. The van der Waals surface area contributed by atoms with Crippen LogP contribution in [0.3, 0.4) is 0 Å². The maximum absolute atomic E-state index is 12.0. The lowest BCUT2D eigenvalue weighted by Crippen LogP contribution is -1.93. The highest BCUT2D eigenvalue weighted by Crippen LogP contribution is 2.16. The summed E-state index contributed by atoms with van der Waals surface area (Å²) in [5.74, 6) is 1.86. The molecule has 0 amide bonds. The van der Waals surface area contributed by atoms with Gasteiger partial charge in [-0.15, -0.1) is 0 Å². The van der Waals surface area contributed by atoms with Crippen LogP contribution in [0.1, 0.15) is 21.9 Å². The van der Waals surface area contributed by atoms with Gasteiger partial charge in [-0.3, -0.25) is 4.79 Å². The second kappa shape index (κ2) is 7.33. The quantitative estimate of drug-likeness (QED) is 0.538. The van der Waals surface area contributed by atoms with Crippen molar-refractivity contribution in [3.63, 3.8) is 0 Å². The van der Waals surface area contributed by atoms with Crippen molar-refractivity contribution in [1.29, 1.82) is 0 Å². The molecule has 24 heavy (non-hydrogen) atoms. The Balaban J connectivity index is 1.60. The van der Waals surface area contributed by atoms with Gasteiger partial charge in [0.1, 0.15) is 29.6 Å². The number of ether oxygens (including phenoxy) is 1. The van der Waals surface area contributed by atoms with Crippen molar-refractivity contribution >= 4 is 11.9 Å². The zero-order chi connectivity index (χ0) is 16.8. The number of phenolic OH excluding ortho intramolecular Hbond substituents is 1. The van der Waals surface area contributed by atoms with Crippen LogP contribution in [0.2, 0.25) is 0 Å². The van der Waals surface area contributed by atoms with Gasteiger partial charge >= 0.3 is 0 Å². The number of phenols is 1. The summed E-state index contributed by atoms with van der Waals surface area (Å²) in [5.41, 5.74) is 0.422. The average Bonchev–Trinajstić information content (AvgIpc) is 3.07. The van der Waals surface area contributed by atoms with Crippen LogP contribution in [0.5, 0.6) is 11.5 Å². The third-order valence-electron chi connectivity index (χ3n) is 3.34. The largest absolute Gasteiger partial charge is 0.508 e. The van der Waals surface area contributed by atoms with Crippen molar-refractivity contribution in [3.8, 4) is 11.5 Å². The first-order valence-corrected chi connectivity index (χ1v) is 7.49. The molecule has 0 spiro atoms. The van der Waals surface area contributed by atoms with E-state index in [4.69, 9.17) is 9.15 Å². The Labute approximate surface area is 139 Å². The standard InChI is InChI=1S/C20H16O4/c21-16-6-4-5-15(13-16)20(22)12-11-18-9-10-19(24-18)14-23-17-7-2-1-3-8-17/h1-13,21H,14H2/b12-11+. The summed E-state index contributed by atoms with van der Waals surface area (Å²) in [6.07, 6.45) is 3.01. The van der Waals surface area contributed by atoms with Crippen LogP contribution in [0.15, 0.2) is 77.2 Å². The number of ketones is 1. The Kier molecular flexibility index (Phi) is 4.77. The zero-order valence-electron chi connectivity index (χ0n) is 12.9. The van der Waals surface area contributed by atoms with Gasteiger partial charge in [-0.25, -0.2) is 0 Å². The van der Waals surface area contributed by atoms with E-state index in [9.17, 15) is 9.90 Å². The highest BCUT2D eigenvalue weighted by Gasteiger charge is 2.04. The third-order valence-corrected chi connectivity index (χ3v) is 3.34. The molecule has 2 aromatic carbocycles. The van der Waals surface area contributed by atoms with E-state index in [1.165, 1.54) is 18.2 Å². The van der Waals surface area contributed by atoms with E-state index in [0.29, 0.717) is 23.7 Å². The van der Waals surface area contributed by atoms with E-state index in [2.05, 4.69) is 0 Å². The minimum Gasteiger partial charge on any atom is -0.508 e. The van der Waals surface area contributed by atoms with Crippen molar-refractivity contribution in [2.24, 2.45) is 0 Å². The number of hydrogen-bond acceptors (Lipinski definition) is 4. The number of benzene rings is 2. The number of aromatic hydroxyl groups is 1. The van der Waals surface area contributed by atoms with Crippen LogP contribution in [0, 0.1) is 0 Å². The molecule has 1 N–H and O–H groups in total. The predicted molar refractivity (Wildman–Crippen MR) is 91.0 cm³/mol. The predicted octanol–water partition coefficient (Wildman–Crippen LogP) is 4.46. The summed E-state index contributed by atoms with van der Waals surface area (Å²) < 4.78 is 11.2. The molecule has 0 saturated carbocycles. The van der Waals surface area contributed by atoms with Gasteiger partial charge < -0.3 is 14.3 Å². The zero-order valence-corrected chi connectivity index (χ0v) is 12.9. The van der Waals surface area contributed by atoms with E-state index in [0.717, 1.165) is 5.75 Å². The molecular weight excluding hydrogens is 304 g/mol. The van der Waals surface area contributed by atoms with Gasteiger partial charge in [0, 0.05) is 5.56 Å². The SMILES string of the molecule is O=C(/C=C/c1ccc(COc2ccccc2)o1)c1cccc(O)c1. The molecule has 0 fully saturated rings. The molecule has 0 atom stereocenters. The number of rotatable bonds is 6. The fraction of sp³-hybridized carbons (Fsp3) is 0.0500. The second-order valence-electron chi connectivity index (χ2n) is 5.15. The van der Waals surface area contributed by atoms with Crippen molar-refractivity contribution in [2.75, 3.05) is 0 Å². The Bertz CT molecular complexity index is 847. The first-order chi connectivity index (χ1) is 11.7. The van der Waals surface area contributed by atoms with Crippen molar-refractivity contribution in [2.45, 2.75) is 6.61 Å². The van der Waals surface area contributed by atoms with Gasteiger partial charge in [-0.1, -0.05) is 30.3 Å². The van der Waals surface area contributed by atoms with E-state index < -0.39 is 0 Å². The van der Waals surface area contributed by atoms with Gasteiger partial charge in [0.15, 0.2) is 5.78 Å². The Hall–Kier alpha value is -3.27. The minimum atomic E-state index is -0.204. The van der Waals surface area contributed by atoms with E-state index in [1.54, 1.807) is 30.3 Å². The summed E-state index contributed by atoms with van der Waals surface area (Å²) in [7, 11) is 0. The Morgan fingerprint density at radius 1 is 1.04 bits per heavy atom. The lowest BCUT2D eigenvalue weighted by Gasteiger charge is -2.02. The molecule has 0 aliphatic rings. The van der Waals surface area contributed by atoms with E-state index >= 15 is 0 Å². The van der Waals surface area contributed by atoms with Crippen LogP contribution in [0.4, 0.5) is 0 Å². The number of para-hydroxylation sites is 1. The summed E-state index contributed by atoms with van der Waals surface area (Å²) in [6.45, 7) is 0.318. The van der Waals surface area contributed by atoms with Crippen molar-refractivity contribution in [3.05, 3.63) is 89.9 Å². The molecule has 120 valence electrons. The summed E-state index contributed by atoms with van der Waals surface area (Å²) in [6, 6.07) is 19.3. The van der Waals surface area contributed by atoms with Crippen LogP contribution in [-0.4, -0.2) is 10.9 Å². The fourth-order valence-corrected chi connectivity index (χ4v) is 2.15. The molecule has 0 unspecified atom stereocenters. The van der Waals surface area contributed by atoms with Gasteiger partial charge in [0.25, 0.3) is 0 Å². The number of carbonyl (C=O) groups is 1. The normalized spacial score (nSPS) is 10.8. The third kappa shape index (κ3) is 4.14. The number of allylic oxidation sites excluding steroid dienone is 1. The molecule has 1 heterocycles. The summed E-state index contributed by atoms with van der Waals surface area (Å²) in [5, 5.41) is 9.39. The van der Waals surface area contributed by atoms with Gasteiger partial charge in [-0.05, 0) is 48.6 Å². The lowest BCUT2D eigenvalue weighted by molar-refractivity contribution is 0.104. The van der Waals surface area contributed by atoms with Crippen LogP contribution >= 0.6 is 0 Å². The maximum Gasteiger partial charge on any atom is 0.186 e. The highest BCUT2D eigenvalue weighted by atomic mass is 16.5. The number of hydrogen-bond donors (Lipinski definition) is 1. The molecule has 0 bridgehead atoms. The first-order valence-electron chi connectivity index (χ1n) is 7.49. The van der Waals surface area contributed by atoms with Crippen molar-refractivity contribution < 1.29 is 19.1 Å². The lowest BCUT2D eigenvalue weighted by atomic mass is 10.1. The minimum absolute atomic E-state index is 0.0626. The molecule has 0 saturated heterocycles. The molecule has 1 aromatic heterocycles. The summed E-state index contributed by atoms with van der Waals surface area (Å²) in [4.78, 5) is 12.0. The molecule has 0 aliphatic carbocycles. The highest BCUT2D eigenvalue weighted by molar-refractivity contribution is 6.06. The maximum atomic E-state index is 12.0. The molecule has 0 radical (unpaired) electrons. The molecule has 3 rings (SSSR count). The van der Waals surface area contributed by atoms with Crippen LogP contribution in [0.25, 0.3) is 6.08 Å².